The lowest BCUT2D eigenvalue weighted by Gasteiger charge is -2.32. The monoisotopic (exact) mass is 335 g/mol. The molecule has 1 aliphatic carbocycles. The van der Waals surface area contributed by atoms with Gasteiger partial charge in [0.25, 0.3) is 0 Å². The Morgan fingerprint density at radius 2 is 2.22 bits per heavy atom. The Kier molecular flexibility index (Phi) is 5.49. The molecule has 1 saturated heterocycles. The zero-order chi connectivity index (χ0) is 16.1. The summed E-state index contributed by atoms with van der Waals surface area (Å²) in [6.07, 6.45) is 7.11. The predicted octanol–water partition coefficient (Wildman–Crippen LogP) is 3.40. The molecule has 0 unspecified atom stereocenters. The molecule has 3 rings (SSSR count). The van der Waals surface area contributed by atoms with Crippen LogP contribution in [0.4, 0.5) is 0 Å². The van der Waals surface area contributed by atoms with Gasteiger partial charge in [-0.2, -0.15) is 0 Å². The quantitative estimate of drug-likeness (QED) is 0.838. The van der Waals surface area contributed by atoms with Crippen LogP contribution in [-0.2, 0) is 9.53 Å². The van der Waals surface area contributed by atoms with Gasteiger partial charge in [0.15, 0.2) is 0 Å². The summed E-state index contributed by atoms with van der Waals surface area (Å²) in [5, 5.41) is 3.13. The molecule has 4 nitrogen and oxygen atoms in total. The van der Waals surface area contributed by atoms with Crippen LogP contribution in [0, 0.1) is 0 Å². The molecule has 1 heterocycles. The normalized spacial score (nSPS) is 22.9. The average molecular weight is 335 g/mol. The molecule has 1 saturated carbocycles. The molecule has 2 aliphatic rings. The Bertz CT molecular complexity index is 543. The third kappa shape index (κ3) is 4.42. The van der Waals surface area contributed by atoms with Crippen molar-refractivity contribution in [2.75, 3.05) is 19.5 Å². The van der Waals surface area contributed by atoms with Crippen molar-refractivity contribution >= 4 is 17.7 Å². The number of thioether (sulfide) groups is 1. The van der Waals surface area contributed by atoms with E-state index >= 15 is 0 Å². The van der Waals surface area contributed by atoms with Crippen LogP contribution >= 0.6 is 11.8 Å². The van der Waals surface area contributed by atoms with Gasteiger partial charge in [0, 0.05) is 4.90 Å². The molecule has 0 radical (unpaired) electrons. The first-order chi connectivity index (χ1) is 11.2. The summed E-state index contributed by atoms with van der Waals surface area (Å²) in [5.74, 6) is 1.33. The van der Waals surface area contributed by atoms with Gasteiger partial charge in [-0.15, -0.1) is 11.8 Å². The minimum atomic E-state index is 0.0517. The van der Waals surface area contributed by atoms with Crippen molar-refractivity contribution < 1.29 is 14.3 Å². The molecule has 1 atom stereocenters. The van der Waals surface area contributed by atoms with Gasteiger partial charge in [-0.25, -0.2) is 0 Å². The Morgan fingerprint density at radius 1 is 1.39 bits per heavy atom. The van der Waals surface area contributed by atoms with Gasteiger partial charge in [0.1, 0.15) is 5.75 Å². The smallest absolute Gasteiger partial charge is 0.230 e. The Hall–Kier alpha value is -1.20. The molecule has 126 valence electrons. The zero-order valence-corrected chi connectivity index (χ0v) is 14.5. The number of rotatable bonds is 5. The van der Waals surface area contributed by atoms with Gasteiger partial charge in [-0.1, -0.05) is 25.3 Å². The molecule has 23 heavy (non-hydrogen) atoms. The van der Waals surface area contributed by atoms with Crippen molar-refractivity contribution in [1.82, 2.24) is 5.32 Å². The number of hydrogen-bond donors (Lipinski definition) is 1. The second-order valence-corrected chi connectivity index (χ2v) is 7.54. The highest BCUT2D eigenvalue weighted by atomic mass is 32.2. The van der Waals surface area contributed by atoms with Crippen molar-refractivity contribution in [3.63, 3.8) is 0 Å². The number of methoxy groups -OCH3 is 1. The summed E-state index contributed by atoms with van der Waals surface area (Å²) < 4.78 is 11.3. The van der Waals surface area contributed by atoms with E-state index in [1.54, 1.807) is 7.11 Å². The maximum atomic E-state index is 12.2. The van der Waals surface area contributed by atoms with Crippen LogP contribution in [0.25, 0.3) is 0 Å². The molecule has 1 spiro atoms. The molecule has 0 bridgehead atoms. The second-order valence-electron chi connectivity index (χ2n) is 6.49. The van der Waals surface area contributed by atoms with Crippen LogP contribution in [-0.4, -0.2) is 37.0 Å². The number of amides is 1. The molecule has 2 fully saturated rings. The van der Waals surface area contributed by atoms with E-state index in [1.807, 2.05) is 24.3 Å². The maximum Gasteiger partial charge on any atom is 0.230 e. The fourth-order valence-corrected chi connectivity index (χ4v) is 4.35. The number of benzene rings is 1. The fraction of sp³-hybridized carbons (Fsp3) is 0.611. The third-order valence-electron chi connectivity index (χ3n) is 4.75. The van der Waals surface area contributed by atoms with Gasteiger partial charge >= 0.3 is 0 Å². The predicted molar refractivity (Wildman–Crippen MR) is 92.0 cm³/mol. The van der Waals surface area contributed by atoms with Crippen molar-refractivity contribution in [3.8, 4) is 5.75 Å². The van der Waals surface area contributed by atoms with Gasteiger partial charge in [-0.3, -0.25) is 4.79 Å². The highest BCUT2D eigenvalue weighted by molar-refractivity contribution is 8.00. The van der Waals surface area contributed by atoms with E-state index in [2.05, 4.69) is 5.32 Å². The van der Waals surface area contributed by atoms with Gasteiger partial charge < -0.3 is 14.8 Å². The van der Waals surface area contributed by atoms with Crippen molar-refractivity contribution in [2.45, 2.75) is 55.1 Å². The van der Waals surface area contributed by atoms with Gasteiger partial charge in [-0.05, 0) is 37.5 Å². The standard InChI is InChI=1S/C18H25NO3S/c1-21-15-6-5-7-16(10-15)23-13-17(20)19-14-11-18(22-12-14)8-3-2-4-9-18/h5-7,10,14H,2-4,8-9,11-13H2,1H3,(H,19,20)/t14-/m0/s1. The second kappa shape index (κ2) is 7.58. The molecule has 1 N–H and O–H groups in total. The lowest BCUT2D eigenvalue weighted by Crippen LogP contribution is -2.38. The number of carbonyl (C=O) groups excluding carboxylic acids is 1. The van der Waals surface area contributed by atoms with E-state index in [1.165, 1.54) is 31.0 Å². The molecule has 1 amide bonds. The largest absolute Gasteiger partial charge is 0.497 e. The lowest BCUT2D eigenvalue weighted by atomic mass is 9.82. The third-order valence-corrected chi connectivity index (χ3v) is 5.74. The maximum absolute atomic E-state index is 12.2. The van der Waals surface area contributed by atoms with Crippen LogP contribution < -0.4 is 10.1 Å². The molecule has 1 aromatic carbocycles. The molecular formula is C18H25NO3S. The van der Waals surface area contributed by atoms with Crippen LogP contribution in [0.3, 0.4) is 0 Å². The summed E-state index contributed by atoms with van der Waals surface area (Å²) in [4.78, 5) is 13.2. The van der Waals surface area contributed by atoms with E-state index in [0.29, 0.717) is 12.4 Å². The van der Waals surface area contributed by atoms with E-state index in [-0.39, 0.29) is 17.6 Å². The van der Waals surface area contributed by atoms with E-state index in [9.17, 15) is 4.79 Å². The number of hydrogen-bond acceptors (Lipinski definition) is 4. The van der Waals surface area contributed by atoms with Crippen LogP contribution in [0.5, 0.6) is 5.75 Å². The summed E-state index contributed by atoms with van der Waals surface area (Å²) >= 11 is 1.54. The zero-order valence-electron chi connectivity index (χ0n) is 13.7. The molecule has 5 heteroatoms. The van der Waals surface area contributed by atoms with Crippen LogP contribution in [0.2, 0.25) is 0 Å². The minimum Gasteiger partial charge on any atom is -0.497 e. The van der Waals surface area contributed by atoms with Crippen LogP contribution in [0.1, 0.15) is 38.5 Å². The Balaban J connectivity index is 1.44. The highest BCUT2D eigenvalue weighted by Crippen LogP contribution is 2.39. The van der Waals surface area contributed by atoms with E-state index in [0.717, 1.165) is 29.9 Å². The van der Waals surface area contributed by atoms with E-state index < -0.39 is 0 Å². The molecule has 1 aliphatic heterocycles. The molecule has 0 aromatic heterocycles. The Labute approximate surface area is 142 Å². The van der Waals surface area contributed by atoms with Crippen LogP contribution in [0.15, 0.2) is 29.2 Å². The average Bonchev–Trinajstić information content (AvgIpc) is 2.96. The van der Waals surface area contributed by atoms with Crippen molar-refractivity contribution in [3.05, 3.63) is 24.3 Å². The van der Waals surface area contributed by atoms with Gasteiger partial charge in [0.05, 0.1) is 31.1 Å². The first-order valence-electron chi connectivity index (χ1n) is 8.39. The van der Waals surface area contributed by atoms with Crippen molar-refractivity contribution in [2.24, 2.45) is 0 Å². The summed E-state index contributed by atoms with van der Waals surface area (Å²) in [6, 6.07) is 7.97. The summed E-state index contributed by atoms with van der Waals surface area (Å²) in [7, 11) is 1.65. The summed E-state index contributed by atoms with van der Waals surface area (Å²) in [6.45, 7) is 0.662. The first-order valence-corrected chi connectivity index (χ1v) is 9.38. The lowest BCUT2D eigenvalue weighted by molar-refractivity contribution is -0.119. The van der Waals surface area contributed by atoms with Crippen molar-refractivity contribution in [1.29, 1.82) is 0 Å². The Morgan fingerprint density at radius 3 is 3.00 bits per heavy atom. The van der Waals surface area contributed by atoms with Gasteiger partial charge in [0.2, 0.25) is 5.91 Å². The number of ether oxygens (including phenoxy) is 2. The summed E-state index contributed by atoms with van der Waals surface area (Å²) in [5.41, 5.74) is 0.0517. The van der Waals surface area contributed by atoms with E-state index in [4.69, 9.17) is 9.47 Å². The highest BCUT2D eigenvalue weighted by Gasteiger charge is 2.41. The fourth-order valence-electron chi connectivity index (χ4n) is 3.59. The number of carbonyl (C=O) groups is 1. The first kappa shape index (κ1) is 16.7. The SMILES string of the molecule is COc1cccc(SCC(=O)N[C@@H]2COC3(CCCCC3)C2)c1. The topological polar surface area (TPSA) is 47.6 Å². The molecular weight excluding hydrogens is 310 g/mol. The number of nitrogens with one attached hydrogen (secondary N) is 1. The minimum absolute atomic E-state index is 0.0517. The molecule has 1 aromatic rings.